The number of nitrogens with zero attached hydrogens (tertiary/aromatic N) is 4. The highest BCUT2D eigenvalue weighted by Gasteiger charge is 2.24. The molecule has 0 spiro atoms. The number of amides is 1. The van der Waals surface area contributed by atoms with E-state index in [1.165, 1.54) is 0 Å². The Kier molecular flexibility index (Phi) is 5.03. The zero-order chi connectivity index (χ0) is 16.9. The summed E-state index contributed by atoms with van der Waals surface area (Å²) in [7, 11) is 0. The van der Waals surface area contributed by atoms with Gasteiger partial charge < -0.3 is 9.64 Å². The number of carbonyl (C=O) groups excluding carboxylic acids is 1. The third-order valence-electron chi connectivity index (χ3n) is 4.10. The number of carbonyl (C=O) groups is 1. The molecule has 1 amide bonds. The fourth-order valence-electron chi connectivity index (χ4n) is 2.93. The van der Waals surface area contributed by atoms with Gasteiger partial charge in [-0.15, -0.1) is 0 Å². The molecule has 0 bridgehead atoms. The molecule has 0 aromatic carbocycles. The molecule has 3 rings (SSSR count). The Morgan fingerprint density at radius 3 is 2.75 bits per heavy atom. The summed E-state index contributed by atoms with van der Waals surface area (Å²) in [5.74, 6) is 1.49. The summed E-state index contributed by atoms with van der Waals surface area (Å²) in [6, 6.07) is 5.64. The van der Waals surface area contributed by atoms with Crippen molar-refractivity contribution in [1.29, 1.82) is 0 Å². The van der Waals surface area contributed by atoms with Gasteiger partial charge in [0.05, 0.1) is 6.42 Å². The van der Waals surface area contributed by atoms with Crippen LogP contribution in [0.25, 0.3) is 0 Å². The maximum absolute atomic E-state index is 12.4. The van der Waals surface area contributed by atoms with Crippen LogP contribution in [-0.2, 0) is 11.2 Å². The third-order valence-corrected chi connectivity index (χ3v) is 4.10. The molecule has 0 saturated carbocycles. The standard InChI is InChI=1S/C18H22N4O2/c1-13-10-17(21-14(2)20-13)24-16-5-8-22(9-6-16)18(23)11-15-4-3-7-19-12-15/h3-4,7,10,12,16H,5-6,8-9,11H2,1-2H3. The normalized spacial score (nSPS) is 15.3. The van der Waals surface area contributed by atoms with E-state index >= 15 is 0 Å². The summed E-state index contributed by atoms with van der Waals surface area (Å²) in [4.78, 5) is 26.9. The van der Waals surface area contributed by atoms with Crippen molar-refractivity contribution in [2.45, 2.75) is 39.2 Å². The molecule has 0 N–H and O–H groups in total. The molecular weight excluding hydrogens is 304 g/mol. The fraction of sp³-hybridized carbons (Fsp3) is 0.444. The molecule has 1 aliphatic heterocycles. The van der Waals surface area contributed by atoms with Gasteiger partial charge in [-0.1, -0.05) is 6.07 Å². The summed E-state index contributed by atoms with van der Waals surface area (Å²) in [6.45, 7) is 5.22. The van der Waals surface area contributed by atoms with Crippen molar-refractivity contribution in [2.75, 3.05) is 13.1 Å². The molecule has 2 aromatic rings. The summed E-state index contributed by atoms with van der Waals surface area (Å²) in [5, 5.41) is 0. The van der Waals surface area contributed by atoms with Crippen LogP contribution < -0.4 is 4.74 Å². The first kappa shape index (κ1) is 16.4. The van der Waals surface area contributed by atoms with Crippen LogP contribution in [0, 0.1) is 13.8 Å². The Morgan fingerprint density at radius 1 is 1.29 bits per heavy atom. The van der Waals surface area contributed by atoms with Gasteiger partial charge in [-0.3, -0.25) is 9.78 Å². The Hall–Kier alpha value is -2.50. The molecule has 6 heteroatoms. The molecule has 1 fully saturated rings. The van der Waals surface area contributed by atoms with E-state index in [9.17, 15) is 4.79 Å². The van der Waals surface area contributed by atoms with Gasteiger partial charge in [-0.2, -0.15) is 4.98 Å². The minimum atomic E-state index is 0.0983. The maximum atomic E-state index is 12.4. The van der Waals surface area contributed by atoms with Crippen molar-refractivity contribution in [1.82, 2.24) is 19.9 Å². The van der Waals surface area contributed by atoms with E-state index in [4.69, 9.17) is 4.74 Å². The average molecular weight is 326 g/mol. The molecule has 1 aliphatic rings. The van der Waals surface area contributed by atoms with Crippen molar-refractivity contribution >= 4 is 5.91 Å². The molecule has 3 heterocycles. The number of hydrogen-bond acceptors (Lipinski definition) is 5. The van der Waals surface area contributed by atoms with Crippen molar-refractivity contribution in [2.24, 2.45) is 0 Å². The number of hydrogen-bond donors (Lipinski definition) is 0. The molecule has 0 unspecified atom stereocenters. The second-order valence-corrected chi connectivity index (χ2v) is 6.13. The van der Waals surface area contributed by atoms with Crippen LogP contribution in [0.4, 0.5) is 0 Å². The Bertz CT molecular complexity index is 677. The highest BCUT2D eigenvalue weighted by atomic mass is 16.5. The Labute approximate surface area is 141 Å². The molecule has 126 valence electrons. The van der Waals surface area contributed by atoms with Gasteiger partial charge in [0.25, 0.3) is 0 Å². The molecule has 0 atom stereocenters. The average Bonchev–Trinajstić information content (AvgIpc) is 2.55. The van der Waals surface area contributed by atoms with Gasteiger partial charge >= 0.3 is 0 Å². The second-order valence-electron chi connectivity index (χ2n) is 6.13. The van der Waals surface area contributed by atoms with Gasteiger partial charge in [-0.25, -0.2) is 4.98 Å². The quantitative estimate of drug-likeness (QED) is 0.861. The Morgan fingerprint density at radius 2 is 2.08 bits per heavy atom. The monoisotopic (exact) mass is 326 g/mol. The number of piperidine rings is 1. The molecule has 2 aromatic heterocycles. The lowest BCUT2D eigenvalue weighted by molar-refractivity contribution is -0.132. The van der Waals surface area contributed by atoms with E-state index in [2.05, 4.69) is 15.0 Å². The SMILES string of the molecule is Cc1cc(OC2CCN(C(=O)Cc3cccnc3)CC2)nc(C)n1. The number of rotatable bonds is 4. The van der Waals surface area contributed by atoms with Crippen molar-refractivity contribution in [3.8, 4) is 5.88 Å². The third kappa shape index (κ3) is 4.28. The number of aryl methyl sites for hydroxylation is 2. The van der Waals surface area contributed by atoms with Crippen LogP contribution in [0.1, 0.15) is 29.9 Å². The molecule has 6 nitrogen and oxygen atoms in total. The lowest BCUT2D eigenvalue weighted by Gasteiger charge is -2.32. The highest BCUT2D eigenvalue weighted by molar-refractivity contribution is 5.78. The van der Waals surface area contributed by atoms with Crippen LogP contribution in [0.2, 0.25) is 0 Å². The summed E-state index contributed by atoms with van der Waals surface area (Å²) in [5.41, 5.74) is 1.86. The van der Waals surface area contributed by atoms with E-state index in [1.54, 1.807) is 12.4 Å². The lowest BCUT2D eigenvalue weighted by Crippen LogP contribution is -2.42. The van der Waals surface area contributed by atoms with Crippen LogP contribution in [-0.4, -0.2) is 45.0 Å². The summed E-state index contributed by atoms with van der Waals surface area (Å²) in [6.07, 6.45) is 5.60. The Balaban J connectivity index is 1.51. The smallest absolute Gasteiger partial charge is 0.227 e. The molecule has 0 aliphatic carbocycles. The number of pyridine rings is 1. The molecule has 24 heavy (non-hydrogen) atoms. The van der Waals surface area contributed by atoms with Gasteiger partial charge in [0, 0.05) is 50.1 Å². The lowest BCUT2D eigenvalue weighted by atomic mass is 10.1. The first-order valence-electron chi connectivity index (χ1n) is 8.26. The molecular formula is C18H22N4O2. The zero-order valence-electron chi connectivity index (χ0n) is 14.1. The van der Waals surface area contributed by atoms with Gasteiger partial charge in [0.15, 0.2) is 0 Å². The predicted octanol–water partition coefficient (Wildman–Crippen LogP) is 2.10. The predicted molar refractivity (Wildman–Crippen MR) is 89.7 cm³/mol. The number of ether oxygens (including phenoxy) is 1. The van der Waals surface area contributed by atoms with Crippen molar-refractivity contribution in [3.63, 3.8) is 0 Å². The minimum absolute atomic E-state index is 0.0983. The van der Waals surface area contributed by atoms with Crippen LogP contribution in [0.3, 0.4) is 0 Å². The zero-order valence-corrected chi connectivity index (χ0v) is 14.1. The van der Waals surface area contributed by atoms with E-state index in [0.29, 0.717) is 31.2 Å². The highest BCUT2D eigenvalue weighted by Crippen LogP contribution is 2.18. The summed E-state index contributed by atoms with van der Waals surface area (Å²) >= 11 is 0. The second kappa shape index (κ2) is 7.38. The number of likely N-dealkylation sites (tertiary alicyclic amines) is 1. The topological polar surface area (TPSA) is 68.2 Å². The number of aromatic nitrogens is 3. The summed E-state index contributed by atoms with van der Waals surface area (Å²) < 4.78 is 5.96. The van der Waals surface area contributed by atoms with Gasteiger partial charge in [0.2, 0.25) is 11.8 Å². The van der Waals surface area contributed by atoms with Crippen molar-refractivity contribution < 1.29 is 9.53 Å². The molecule has 0 radical (unpaired) electrons. The first-order valence-corrected chi connectivity index (χ1v) is 8.26. The van der Waals surface area contributed by atoms with E-state index in [1.807, 2.05) is 36.9 Å². The first-order chi connectivity index (χ1) is 11.6. The van der Waals surface area contributed by atoms with Crippen LogP contribution >= 0.6 is 0 Å². The van der Waals surface area contributed by atoms with Crippen molar-refractivity contribution in [3.05, 3.63) is 47.7 Å². The van der Waals surface area contributed by atoms with Crippen LogP contribution in [0.15, 0.2) is 30.6 Å². The van der Waals surface area contributed by atoms with Gasteiger partial charge in [-0.05, 0) is 25.5 Å². The van der Waals surface area contributed by atoms with Gasteiger partial charge in [0.1, 0.15) is 11.9 Å². The minimum Gasteiger partial charge on any atom is -0.474 e. The van der Waals surface area contributed by atoms with E-state index < -0.39 is 0 Å². The maximum Gasteiger partial charge on any atom is 0.227 e. The van der Waals surface area contributed by atoms with E-state index in [0.717, 1.165) is 24.1 Å². The largest absolute Gasteiger partial charge is 0.474 e. The van der Waals surface area contributed by atoms with Crippen LogP contribution in [0.5, 0.6) is 5.88 Å². The molecule has 1 saturated heterocycles. The fourth-order valence-corrected chi connectivity index (χ4v) is 2.93. The van der Waals surface area contributed by atoms with E-state index in [-0.39, 0.29) is 12.0 Å².